The van der Waals surface area contributed by atoms with Crippen molar-refractivity contribution in [3.63, 3.8) is 0 Å². The van der Waals surface area contributed by atoms with Crippen LogP contribution in [0.5, 0.6) is 0 Å². The van der Waals surface area contributed by atoms with Gasteiger partial charge in [-0.25, -0.2) is 4.39 Å². The van der Waals surface area contributed by atoms with E-state index in [9.17, 15) is 4.39 Å². The van der Waals surface area contributed by atoms with Crippen molar-refractivity contribution in [1.29, 1.82) is 0 Å². The summed E-state index contributed by atoms with van der Waals surface area (Å²) in [6.07, 6.45) is 0. The number of hydrogen-bond donors (Lipinski definition) is 1. The van der Waals surface area contributed by atoms with E-state index >= 15 is 0 Å². The summed E-state index contributed by atoms with van der Waals surface area (Å²) < 4.78 is 15.1. The molecule has 0 spiro atoms. The van der Waals surface area contributed by atoms with E-state index in [2.05, 4.69) is 19.2 Å². The SMILES string of the molecule is CC(C)CNCc1cccc(F)c1Sc1cccs1. The van der Waals surface area contributed by atoms with Gasteiger partial charge in [-0.15, -0.1) is 11.3 Å². The Labute approximate surface area is 122 Å². The summed E-state index contributed by atoms with van der Waals surface area (Å²) in [6.45, 7) is 5.99. The number of rotatable bonds is 6. The molecule has 0 aliphatic carbocycles. The van der Waals surface area contributed by atoms with Crippen molar-refractivity contribution in [3.8, 4) is 0 Å². The molecule has 1 aromatic carbocycles. The number of nitrogens with one attached hydrogen (secondary N) is 1. The molecule has 0 saturated carbocycles. The zero-order chi connectivity index (χ0) is 13.7. The molecule has 2 aromatic rings. The van der Waals surface area contributed by atoms with Crippen LogP contribution in [0.1, 0.15) is 19.4 Å². The first-order chi connectivity index (χ1) is 9.16. The van der Waals surface area contributed by atoms with Crippen molar-refractivity contribution in [2.75, 3.05) is 6.54 Å². The van der Waals surface area contributed by atoms with E-state index in [1.54, 1.807) is 17.4 Å². The van der Waals surface area contributed by atoms with Gasteiger partial charge in [-0.3, -0.25) is 0 Å². The van der Waals surface area contributed by atoms with E-state index < -0.39 is 0 Å². The Morgan fingerprint density at radius 1 is 1.26 bits per heavy atom. The van der Waals surface area contributed by atoms with Crippen LogP contribution in [-0.2, 0) is 6.54 Å². The van der Waals surface area contributed by atoms with Gasteiger partial charge in [0.1, 0.15) is 5.82 Å². The average molecular weight is 295 g/mol. The first-order valence-corrected chi connectivity index (χ1v) is 8.06. The van der Waals surface area contributed by atoms with Gasteiger partial charge in [0, 0.05) is 6.54 Å². The van der Waals surface area contributed by atoms with Crippen LogP contribution in [0, 0.1) is 11.7 Å². The van der Waals surface area contributed by atoms with Crippen LogP contribution in [0.3, 0.4) is 0 Å². The topological polar surface area (TPSA) is 12.0 Å². The molecule has 1 aromatic heterocycles. The molecule has 1 heterocycles. The molecular formula is C15H18FNS2. The maximum Gasteiger partial charge on any atom is 0.137 e. The van der Waals surface area contributed by atoms with E-state index in [1.807, 2.05) is 23.6 Å². The molecule has 102 valence electrons. The lowest BCUT2D eigenvalue weighted by molar-refractivity contribution is 0.543. The van der Waals surface area contributed by atoms with Crippen LogP contribution in [0.15, 0.2) is 44.8 Å². The van der Waals surface area contributed by atoms with Crippen LogP contribution in [0.2, 0.25) is 0 Å². The smallest absolute Gasteiger partial charge is 0.137 e. The lowest BCUT2D eigenvalue weighted by Crippen LogP contribution is -2.19. The van der Waals surface area contributed by atoms with Crippen molar-refractivity contribution in [3.05, 3.63) is 47.1 Å². The maximum absolute atomic E-state index is 14.0. The van der Waals surface area contributed by atoms with Gasteiger partial charge < -0.3 is 5.32 Å². The summed E-state index contributed by atoms with van der Waals surface area (Å²) in [7, 11) is 0. The van der Waals surface area contributed by atoms with Gasteiger partial charge >= 0.3 is 0 Å². The fourth-order valence-electron chi connectivity index (χ4n) is 1.72. The fourth-order valence-corrected chi connectivity index (χ4v) is 3.57. The Morgan fingerprint density at radius 2 is 2.11 bits per heavy atom. The highest BCUT2D eigenvalue weighted by molar-refractivity contribution is 8.01. The number of benzene rings is 1. The van der Waals surface area contributed by atoms with Gasteiger partial charge in [-0.05, 0) is 35.5 Å². The third-order valence-corrected chi connectivity index (χ3v) is 4.81. The largest absolute Gasteiger partial charge is 0.312 e. The average Bonchev–Trinajstić information content (AvgIpc) is 2.85. The summed E-state index contributed by atoms with van der Waals surface area (Å²) in [5.74, 6) is 0.462. The molecule has 1 nitrogen and oxygen atoms in total. The molecule has 0 saturated heterocycles. The Bertz CT molecular complexity index is 509. The second-order valence-corrected chi connectivity index (χ2v) is 7.05. The van der Waals surface area contributed by atoms with E-state index in [0.29, 0.717) is 12.5 Å². The molecule has 4 heteroatoms. The molecule has 0 unspecified atom stereocenters. The predicted molar refractivity (Wildman–Crippen MR) is 81.4 cm³/mol. The van der Waals surface area contributed by atoms with Crippen molar-refractivity contribution < 1.29 is 4.39 Å². The van der Waals surface area contributed by atoms with E-state index in [0.717, 1.165) is 21.2 Å². The minimum absolute atomic E-state index is 0.137. The Morgan fingerprint density at radius 3 is 2.79 bits per heavy atom. The van der Waals surface area contributed by atoms with Crippen molar-refractivity contribution in [2.45, 2.75) is 29.5 Å². The fraction of sp³-hybridized carbons (Fsp3) is 0.333. The van der Waals surface area contributed by atoms with Gasteiger partial charge in [0.15, 0.2) is 0 Å². The van der Waals surface area contributed by atoms with Crippen molar-refractivity contribution >= 4 is 23.1 Å². The van der Waals surface area contributed by atoms with Crippen LogP contribution in [-0.4, -0.2) is 6.54 Å². The monoisotopic (exact) mass is 295 g/mol. The molecule has 0 aliphatic heterocycles. The Hall–Kier alpha value is -0.840. The molecule has 0 aliphatic rings. The minimum Gasteiger partial charge on any atom is -0.312 e. The predicted octanol–water partition coefficient (Wildman–Crippen LogP) is 4.78. The summed E-state index contributed by atoms with van der Waals surface area (Å²) in [5, 5.41) is 5.39. The first-order valence-electron chi connectivity index (χ1n) is 6.36. The number of thiophene rings is 1. The van der Waals surface area contributed by atoms with Gasteiger partial charge in [-0.2, -0.15) is 0 Å². The summed E-state index contributed by atoms with van der Waals surface area (Å²) in [6, 6.07) is 9.31. The lowest BCUT2D eigenvalue weighted by Gasteiger charge is -2.11. The highest BCUT2D eigenvalue weighted by Gasteiger charge is 2.10. The second-order valence-electron chi connectivity index (χ2n) is 4.79. The van der Waals surface area contributed by atoms with Gasteiger partial charge in [0.25, 0.3) is 0 Å². The minimum atomic E-state index is -0.137. The molecular weight excluding hydrogens is 277 g/mol. The van der Waals surface area contributed by atoms with Crippen molar-refractivity contribution in [1.82, 2.24) is 5.32 Å². The molecule has 0 bridgehead atoms. The molecule has 0 amide bonds. The lowest BCUT2D eigenvalue weighted by atomic mass is 10.2. The number of halogens is 1. The van der Waals surface area contributed by atoms with E-state index in [4.69, 9.17) is 0 Å². The van der Waals surface area contributed by atoms with Crippen LogP contribution >= 0.6 is 23.1 Å². The molecule has 0 atom stereocenters. The molecule has 1 N–H and O–H groups in total. The Kier molecular flexibility index (Phi) is 5.43. The quantitative estimate of drug-likeness (QED) is 0.822. The third-order valence-electron chi connectivity index (χ3n) is 2.61. The van der Waals surface area contributed by atoms with Crippen LogP contribution in [0.4, 0.5) is 4.39 Å². The molecule has 19 heavy (non-hydrogen) atoms. The third kappa shape index (κ3) is 4.34. The maximum atomic E-state index is 14.0. The van der Waals surface area contributed by atoms with Gasteiger partial charge in [0.2, 0.25) is 0 Å². The van der Waals surface area contributed by atoms with Crippen LogP contribution in [0.25, 0.3) is 0 Å². The van der Waals surface area contributed by atoms with E-state index in [1.165, 1.54) is 17.8 Å². The summed E-state index contributed by atoms with van der Waals surface area (Å²) in [5.41, 5.74) is 1.03. The van der Waals surface area contributed by atoms with Gasteiger partial charge in [0.05, 0.1) is 9.10 Å². The summed E-state index contributed by atoms with van der Waals surface area (Å²) >= 11 is 3.15. The van der Waals surface area contributed by atoms with Gasteiger partial charge in [-0.1, -0.05) is 43.8 Å². The second kappa shape index (κ2) is 7.08. The van der Waals surface area contributed by atoms with Crippen LogP contribution < -0.4 is 5.32 Å². The molecule has 0 radical (unpaired) electrons. The molecule has 2 rings (SSSR count). The first kappa shape index (κ1) is 14.6. The molecule has 0 fully saturated rings. The highest BCUT2D eigenvalue weighted by Crippen LogP contribution is 2.35. The standard InChI is InChI=1S/C15H18FNS2/c1-11(2)9-17-10-12-5-3-6-13(16)15(12)19-14-7-4-8-18-14/h3-8,11,17H,9-10H2,1-2H3. The zero-order valence-electron chi connectivity index (χ0n) is 11.2. The normalized spacial score (nSPS) is 11.2. The highest BCUT2D eigenvalue weighted by atomic mass is 32.2. The van der Waals surface area contributed by atoms with E-state index in [-0.39, 0.29) is 5.82 Å². The number of hydrogen-bond acceptors (Lipinski definition) is 3. The Balaban J connectivity index is 2.11. The van der Waals surface area contributed by atoms with Crippen molar-refractivity contribution in [2.24, 2.45) is 5.92 Å². The summed E-state index contributed by atoms with van der Waals surface area (Å²) in [4.78, 5) is 0.737. The zero-order valence-corrected chi connectivity index (χ0v) is 12.8.